The molecule has 0 aliphatic heterocycles. The van der Waals surface area contributed by atoms with E-state index in [4.69, 9.17) is 0 Å². The minimum atomic E-state index is -0.648. The van der Waals surface area contributed by atoms with Gasteiger partial charge in [-0.25, -0.2) is 0 Å². The summed E-state index contributed by atoms with van der Waals surface area (Å²) in [6.07, 6.45) is 0. The van der Waals surface area contributed by atoms with Gasteiger partial charge in [0.2, 0.25) is 0 Å². The zero-order valence-electron chi connectivity index (χ0n) is 41.6. The molecule has 17 rings (SSSR count). The van der Waals surface area contributed by atoms with Gasteiger partial charge >= 0.3 is 0 Å². The maximum absolute atomic E-state index is 2.57. The van der Waals surface area contributed by atoms with Crippen LogP contribution in [0.25, 0.3) is 94.9 Å². The summed E-state index contributed by atoms with van der Waals surface area (Å²) >= 11 is 3.76. The van der Waals surface area contributed by atoms with Gasteiger partial charge in [-0.1, -0.05) is 200 Å². The van der Waals surface area contributed by atoms with Gasteiger partial charge in [0.25, 0.3) is 0 Å². The number of para-hydroxylation sites is 2. The average Bonchev–Trinajstić information content (AvgIpc) is 2.96. The largest absolute Gasteiger partial charge is 0.309 e. The fourth-order valence-electron chi connectivity index (χ4n) is 13.8. The van der Waals surface area contributed by atoms with Crippen molar-refractivity contribution in [2.75, 3.05) is 9.80 Å². The zero-order chi connectivity index (χ0) is 50.3. The van der Waals surface area contributed by atoms with Crippen molar-refractivity contribution in [3.8, 4) is 22.3 Å². The number of nitrogens with zero attached hydrogens (tertiary/aromatic N) is 2. The van der Waals surface area contributed by atoms with E-state index in [9.17, 15) is 0 Å². The van der Waals surface area contributed by atoms with E-state index in [0.29, 0.717) is 0 Å². The Morgan fingerprint density at radius 1 is 0.260 bits per heavy atom. The molecule has 358 valence electrons. The van der Waals surface area contributed by atoms with Gasteiger partial charge in [-0.05, 0) is 138 Å². The van der Waals surface area contributed by atoms with Crippen molar-refractivity contribution in [3.05, 3.63) is 289 Å². The Balaban J connectivity index is 1.01. The maximum atomic E-state index is 2.57. The first-order valence-electron chi connectivity index (χ1n) is 26.5. The standard InChI is InChI=1S/C73H44N2S2/c1-3-21-45(22-4-1)74(63-37-19-33-57-52-29-13-17-39-66(52)76-71(57)63)47-41-42-56-59(43-47)48-25-7-9-31-54(48)68-60-44-65(75(46-23-5-2-6-24-46)64-38-20-34-58-53-30-14-18-40-67(53)77-72(58)64)51-28-8-10-32-55(51)69(60)73(70(56)68)61-35-15-11-26-49(61)50-27-12-16-36-62(50)73/h1-44H. The number of thiophene rings is 2. The topological polar surface area (TPSA) is 6.48 Å². The lowest BCUT2D eigenvalue weighted by molar-refractivity contribution is 0.809. The van der Waals surface area contributed by atoms with Crippen LogP contribution in [0.4, 0.5) is 34.1 Å². The van der Waals surface area contributed by atoms with E-state index in [0.717, 1.165) is 22.7 Å². The number of hydrogen-bond donors (Lipinski definition) is 0. The lowest BCUT2D eigenvalue weighted by Crippen LogP contribution is -2.26. The lowest BCUT2D eigenvalue weighted by Gasteiger charge is -2.34. The molecule has 0 bridgehead atoms. The third kappa shape index (κ3) is 5.89. The average molecular weight is 1010 g/mol. The number of rotatable bonds is 6. The Kier molecular flexibility index (Phi) is 9.12. The second-order valence-corrected chi connectivity index (χ2v) is 22.7. The third-order valence-corrected chi connectivity index (χ3v) is 19.2. The lowest BCUT2D eigenvalue weighted by atomic mass is 9.68. The molecule has 2 heterocycles. The van der Waals surface area contributed by atoms with Crippen LogP contribution in [0.3, 0.4) is 0 Å². The van der Waals surface area contributed by atoms with E-state index in [1.807, 2.05) is 22.7 Å². The molecule has 2 aliphatic rings. The number of anilines is 6. The van der Waals surface area contributed by atoms with Gasteiger partial charge in [-0.3, -0.25) is 0 Å². The molecule has 0 saturated carbocycles. The molecular formula is C73H44N2S2. The molecular weight excluding hydrogens is 969 g/mol. The van der Waals surface area contributed by atoms with E-state index in [1.54, 1.807) is 0 Å². The van der Waals surface area contributed by atoms with E-state index < -0.39 is 5.41 Å². The van der Waals surface area contributed by atoms with Crippen LogP contribution in [-0.2, 0) is 5.41 Å². The number of hydrogen-bond acceptors (Lipinski definition) is 4. The van der Waals surface area contributed by atoms with E-state index in [1.165, 1.54) is 129 Å². The highest BCUT2D eigenvalue weighted by Crippen LogP contribution is 2.68. The van der Waals surface area contributed by atoms with Crippen molar-refractivity contribution in [3.63, 3.8) is 0 Å². The second-order valence-electron chi connectivity index (χ2n) is 20.6. The fourth-order valence-corrected chi connectivity index (χ4v) is 16.2. The van der Waals surface area contributed by atoms with Crippen LogP contribution in [0.5, 0.6) is 0 Å². The summed E-state index contributed by atoms with van der Waals surface area (Å²) in [7, 11) is 0. The molecule has 0 atom stereocenters. The fraction of sp³-hybridized carbons (Fsp3) is 0.0137. The Bertz CT molecular complexity index is 4910. The third-order valence-electron chi connectivity index (χ3n) is 16.8. The summed E-state index contributed by atoms with van der Waals surface area (Å²) in [6.45, 7) is 0. The zero-order valence-corrected chi connectivity index (χ0v) is 43.2. The van der Waals surface area contributed by atoms with Gasteiger partial charge < -0.3 is 9.80 Å². The van der Waals surface area contributed by atoms with Gasteiger partial charge in [-0.2, -0.15) is 0 Å². The molecule has 0 radical (unpaired) electrons. The van der Waals surface area contributed by atoms with Crippen LogP contribution >= 0.6 is 22.7 Å². The molecule has 13 aromatic carbocycles. The first-order valence-corrected chi connectivity index (χ1v) is 28.1. The smallest absolute Gasteiger partial charge is 0.0737 e. The Morgan fingerprint density at radius 3 is 1.35 bits per heavy atom. The predicted octanol–water partition coefficient (Wildman–Crippen LogP) is 21.2. The summed E-state index contributed by atoms with van der Waals surface area (Å²) in [5, 5.41) is 12.6. The highest BCUT2D eigenvalue weighted by molar-refractivity contribution is 7.26. The highest BCUT2D eigenvalue weighted by Gasteiger charge is 2.54. The molecule has 4 heteroatoms. The van der Waals surface area contributed by atoms with Crippen LogP contribution < -0.4 is 9.80 Å². The van der Waals surface area contributed by atoms with Gasteiger partial charge in [0.1, 0.15) is 0 Å². The van der Waals surface area contributed by atoms with Crippen LogP contribution in [0, 0.1) is 0 Å². The SMILES string of the molecule is c1ccc(N(c2ccc3c4c(c5ccccc5c3c2)-c2cc(N(c3ccccc3)c3cccc5c3sc3ccccc35)c3ccccc3c2C42c3ccccc3-c3ccccc32)c2cccc3c2sc2ccccc23)cc1. The van der Waals surface area contributed by atoms with Crippen LogP contribution in [0.2, 0.25) is 0 Å². The Labute approximate surface area is 453 Å². The molecule has 2 aliphatic carbocycles. The highest BCUT2D eigenvalue weighted by atomic mass is 32.1. The molecule has 0 unspecified atom stereocenters. The molecule has 0 saturated heterocycles. The van der Waals surface area contributed by atoms with E-state index >= 15 is 0 Å². The first-order chi connectivity index (χ1) is 38.2. The minimum absolute atomic E-state index is 0.648. The van der Waals surface area contributed by atoms with Crippen LogP contribution in [0.1, 0.15) is 22.3 Å². The summed E-state index contributed by atoms with van der Waals surface area (Å²) in [4.78, 5) is 5.03. The van der Waals surface area contributed by atoms with E-state index in [-0.39, 0.29) is 0 Å². The molecule has 1 spiro atoms. The maximum Gasteiger partial charge on any atom is 0.0737 e. The molecule has 0 amide bonds. The van der Waals surface area contributed by atoms with Crippen LogP contribution in [-0.4, -0.2) is 0 Å². The summed E-state index contributed by atoms with van der Waals surface area (Å²) in [5.41, 5.74) is 16.8. The number of benzene rings is 13. The van der Waals surface area contributed by atoms with Gasteiger partial charge in [-0.15, -0.1) is 22.7 Å². The van der Waals surface area contributed by atoms with Gasteiger partial charge in [0, 0.05) is 53.4 Å². The van der Waals surface area contributed by atoms with Crippen molar-refractivity contribution < 1.29 is 0 Å². The van der Waals surface area contributed by atoms with E-state index in [2.05, 4.69) is 277 Å². The van der Waals surface area contributed by atoms with Gasteiger partial charge in [0.05, 0.1) is 31.9 Å². The molecule has 2 aromatic heterocycles. The molecule has 0 N–H and O–H groups in total. The Morgan fingerprint density at radius 2 is 0.727 bits per heavy atom. The second kappa shape index (κ2) is 16.3. The summed E-state index contributed by atoms with van der Waals surface area (Å²) < 4.78 is 5.14. The van der Waals surface area contributed by atoms with Crippen molar-refractivity contribution in [1.82, 2.24) is 0 Å². The molecule has 0 fully saturated rings. The van der Waals surface area contributed by atoms with Gasteiger partial charge in [0.15, 0.2) is 0 Å². The normalized spacial score (nSPS) is 13.0. The monoisotopic (exact) mass is 1010 g/mol. The van der Waals surface area contributed by atoms with Crippen molar-refractivity contribution in [2.24, 2.45) is 0 Å². The summed E-state index contributed by atoms with van der Waals surface area (Å²) in [5.74, 6) is 0. The predicted molar refractivity (Wildman–Crippen MR) is 330 cm³/mol. The molecule has 77 heavy (non-hydrogen) atoms. The summed E-state index contributed by atoms with van der Waals surface area (Å²) in [6, 6.07) is 100. The quantitative estimate of drug-likeness (QED) is 0.153. The van der Waals surface area contributed by atoms with Crippen LogP contribution in [0.15, 0.2) is 267 Å². The minimum Gasteiger partial charge on any atom is -0.309 e. The Hall–Kier alpha value is -9.32. The molecule has 15 aromatic rings. The van der Waals surface area contributed by atoms with Crippen molar-refractivity contribution >= 4 is 129 Å². The first kappa shape index (κ1) is 43.0. The number of fused-ring (bicyclic) bond motifs is 23. The molecule has 2 nitrogen and oxygen atoms in total. The van der Waals surface area contributed by atoms with Crippen molar-refractivity contribution in [1.29, 1.82) is 0 Å². The van der Waals surface area contributed by atoms with Crippen molar-refractivity contribution in [2.45, 2.75) is 5.41 Å².